The summed E-state index contributed by atoms with van der Waals surface area (Å²) in [6, 6.07) is 3.44. The highest BCUT2D eigenvalue weighted by molar-refractivity contribution is 7.99. The van der Waals surface area contributed by atoms with E-state index in [0.717, 1.165) is 0 Å². The maximum atomic E-state index is 11.4. The van der Waals surface area contributed by atoms with Crippen molar-refractivity contribution in [2.24, 2.45) is 5.73 Å². The average molecular weight is 264 g/mol. The molecule has 0 unspecified atom stereocenters. The molecule has 0 aromatic carbocycles. The number of pyridine rings is 1. The average Bonchev–Trinajstić information content (AvgIpc) is 2.70. The predicted octanol–water partition coefficient (Wildman–Crippen LogP) is 0.422. The monoisotopic (exact) mass is 264 g/mol. The lowest BCUT2D eigenvalue weighted by atomic mass is 10.3. The van der Waals surface area contributed by atoms with Gasteiger partial charge in [0.15, 0.2) is 5.16 Å². The molecule has 0 amide bonds. The van der Waals surface area contributed by atoms with E-state index in [1.165, 1.54) is 22.5 Å². The molecule has 94 valence electrons. The van der Waals surface area contributed by atoms with Gasteiger partial charge in [-0.05, 0) is 30.8 Å². The third-order valence-electron chi connectivity index (χ3n) is 2.28. The van der Waals surface area contributed by atoms with E-state index in [4.69, 9.17) is 11.1 Å². The molecule has 2 aromatic rings. The first-order valence-electron chi connectivity index (χ1n) is 5.25. The number of nitrogens with zero attached hydrogens (tertiary/aromatic N) is 3. The van der Waals surface area contributed by atoms with Crippen LogP contribution in [0.1, 0.15) is 12.5 Å². The van der Waals surface area contributed by atoms with E-state index in [-0.39, 0.29) is 11.5 Å². The first kappa shape index (κ1) is 12.4. The second kappa shape index (κ2) is 5.05. The van der Waals surface area contributed by atoms with Crippen molar-refractivity contribution in [2.45, 2.75) is 23.7 Å². The van der Waals surface area contributed by atoms with Crippen LogP contribution in [0.5, 0.6) is 0 Å². The maximum Gasteiger partial charge on any atom is 0.343 e. The van der Waals surface area contributed by atoms with Crippen LogP contribution in [0.3, 0.4) is 0 Å². The van der Waals surface area contributed by atoms with Crippen molar-refractivity contribution in [1.29, 1.82) is 5.41 Å². The van der Waals surface area contributed by atoms with E-state index in [2.05, 4.69) is 15.2 Å². The van der Waals surface area contributed by atoms with Crippen molar-refractivity contribution in [3.63, 3.8) is 0 Å². The topological polar surface area (TPSA) is 113 Å². The van der Waals surface area contributed by atoms with E-state index in [1.807, 2.05) is 6.92 Å². The van der Waals surface area contributed by atoms with Crippen LogP contribution in [0.2, 0.25) is 0 Å². The van der Waals surface area contributed by atoms with Crippen LogP contribution in [0.4, 0.5) is 0 Å². The first-order chi connectivity index (χ1) is 8.61. The third-order valence-corrected chi connectivity index (χ3v) is 3.23. The van der Waals surface area contributed by atoms with Crippen LogP contribution in [0, 0.1) is 5.41 Å². The molecule has 2 aromatic heterocycles. The van der Waals surface area contributed by atoms with Crippen LogP contribution < -0.4 is 11.4 Å². The van der Waals surface area contributed by atoms with Gasteiger partial charge in [0.25, 0.3) is 0 Å². The Hall–Kier alpha value is -2.09. The van der Waals surface area contributed by atoms with E-state index in [0.29, 0.717) is 22.3 Å². The van der Waals surface area contributed by atoms with E-state index in [1.54, 1.807) is 12.1 Å². The van der Waals surface area contributed by atoms with E-state index >= 15 is 0 Å². The number of aromatic nitrogens is 4. The second-order valence-corrected chi connectivity index (χ2v) is 4.44. The minimum atomic E-state index is -0.236. The summed E-state index contributed by atoms with van der Waals surface area (Å²) in [5.74, 6) is -0.0238. The van der Waals surface area contributed by atoms with Crippen molar-refractivity contribution < 1.29 is 0 Å². The number of rotatable bonds is 4. The Morgan fingerprint density at radius 1 is 1.61 bits per heavy atom. The highest BCUT2D eigenvalue weighted by atomic mass is 32.2. The summed E-state index contributed by atoms with van der Waals surface area (Å²) in [7, 11) is 0. The second-order valence-electron chi connectivity index (χ2n) is 3.46. The lowest BCUT2D eigenvalue weighted by Gasteiger charge is -2.02. The molecular weight excluding hydrogens is 252 g/mol. The fourth-order valence-electron chi connectivity index (χ4n) is 1.35. The van der Waals surface area contributed by atoms with Gasteiger partial charge in [-0.25, -0.2) is 14.9 Å². The van der Waals surface area contributed by atoms with Crippen molar-refractivity contribution in [1.82, 2.24) is 19.7 Å². The zero-order valence-corrected chi connectivity index (χ0v) is 10.5. The summed E-state index contributed by atoms with van der Waals surface area (Å²) in [6.45, 7) is 2.41. The summed E-state index contributed by atoms with van der Waals surface area (Å²) in [5.41, 5.74) is 5.67. The van der Waals surface area contributed by atoms with Crippen LogP contribution in [-0.2, 0) is 6.54 Å². The Morgan fingerprint density at radius 2 is 2.39 bits per heavy atom. The van der Waals surface area contributed by atoms with Gasteiger partial charge in [0.1, 0.15) is 10.9 Å². The quantitative estimate of drug-likeness (QED) is 0.547. The predicted molar refractivity (Wildman–Crippen MR) is 67.9 cm³/mol. The molecular formula is C10H12N6OS. The van der Waals surface area contributed by atoms with Crippen LogP contribution in [0.25, 0.3) is 0 Å². The lowest BCUT2D eigenvalue weighted by molar-refractivity contribution is 0.660. The summed E-state index contributed by atoms with van der Waals surface area (Å²) >= 11 is 1.28. The molecule has 0 atom stereocenters. The molecule has 2 heterocycles. The van der Waals surface area contributed by atoms with E-state index in [9.17, 15) is 4.79 Å². The molecule has 7 nitrogen and oxygen atoms in total. The normalized spacial score (nSPS) is 10.5. The Labute approximate surface area is 107 Å². The SMILES string of the molecule is CCn1c(Sc2ccc(C(=N)N)cn2)n[nH]c1=O. The smallest absolute Gasteiger partial charge is 0.343 e. The zero-order valence-electron chi connectivity index (χ0n) is 9.67. The number of amidine groups is 1. The molecule has 0 spiro atoms. The fourth-order valence-corrected chi connectivity index (χ4v) is 2.20. The highest BCUT2D eigenvalue weighted by Gasteiger charge is 2.09. The van der Waals surface area contributed by atoms with Crippen molar-refractivity contribution >= 4 is 17.6 Å². The van der Waals surface area contributed by atoms with Crippen molar-refractivity contribution in [3.8, 4) is 0 Å². The Balaban J connectivity index is 2.23. The van der Waals surface area contributed by atoms with Crippen molar-refractivity contribution in [2.75, 3.05) is 0 Å². The summed E-state index contributed by atoms with van der Waals surface area (Å²) in [6.07, 6.45) is 1.52. The highest BCUT2D eigenvalue weighted by Crippen LogP contribution is 2.22. The van der Waals surface area contributed by atoms with Gasteiger partial charge < -0.3 is 5.73 Å². The summed E-state index contributed by atoms with van der Waals surface area (Å²) in [5, 5.41) is 14.8. The number of H-pyrrole nitrogens is 1. The lowest BCUT2D eigenvalue weighted by Crippen LogP contribution is -2.16. The van der Waals surface area contributed by atoms with Gasteiger partial charge in [-0.15, -0.1) is 5.10 Å². The molecule has 0 saturated carbocycles. The standard InChI is InChI=1S/C10H12N6OS/c1-2-16-9(17)14-15-10(16)18-7-4-3-6(5-13-7)8(11)12/h3-5H,2H2,1H3,(H3,11,12)(H,14,17). The van der Waals surface area contributed by atoms with Gasteiger partial charge in [-0.2, -0.15) is 0 Å². The molecule has 18 heavy (non-hydrogen) atoms. The largest absolute Gasteiger partial charge is 0.384 e. The van der Waals surface area contributed by atoms with Gasteiger partial charge in [0.2, 0.25) is 0 Å². The van der Waals surface area contributed by atoms with Gasteiger partial charge in [-0.3, -0.25) is 9.98 Å². The number of hydrogen-bond acceptors (Lipinski definition) is 5. The number of nitrogens with one attached hydrogen (secondary N) is 2. The minimum absolute atomic E-state index is 0.0238. The molecule has 0 aliphatic rings. The molecule has 0 aliphatic heterocycles. The first-order valence-corrected chi connectivity index (χ1v) is 6.07. The maximum absolute atomic E-state index is 11.4. The minimum Gasteiger partial charge on any atom is -0.384 e. The van der Waals surface area contributed by atoms with Gasteiger partial charge >= 0.3 is 5.69 Å². The van der Waals surface area contributed by atoms with Gasteiger partial charge in [0, 0.05) is 18.3 Å². The fraction of sp³-hybridized carbons (Fsp3) is 0.200. The molecule has 4 N–H and O–H groups in total. The van der Waals surface area contributed by atoms with Crippen molar-refractivity contribution in [3.05, 3.63) is 34.4 Å². The molecule has 0 bridgehead atoms. The molecule has 0 aliphatic carbocycles. The molecule has 8 heteroatoms. The van der Waals surface area contributed by atoms with Crippen LogP contribution >= 0.6 is 11.8 Å². The Kier molecular flexibility index (Phi) is 3.47. The third kappa shape index (κ3) is 2.43. The van der Waals surface area contributed by atoms with E-state index < -0.39 is 0 Å². The molecule has 2 rings (SSSR count). The summed E-state index contributed by atoms with van der Waals surface area (Å²) in [4.78, 5) is 15.5. The Bertz CT molecular complexity index is 614. The number of aromatic amines is 1. The Morgan fingerprint density at radius 3 is 2.94 bits per heavy atom. The molecule has 0 saturated heterocycles. The van der Waals surface area contributed by atoms with Gasteiger partial charge in [0.05, 0.1) is 0 Å². The molecule has 0 fully saturated rings. The number of nitrogens with two attached hydrogens (primary N) is 1. The van der Waals surface area contributed by atoms with Crippen LogP contribution in [0.15, 0.2) is 33.3 Å². The van der Waals surface area contributed by atoms with Crippen LogP contribution in [-0.4, -0.2) is 25.6 Å². The van der Waals surface area contributed by atoms with Gasteiger partial charge in [-0.1, -0.05) is 0 Å². The molecule has 0 radical (unpaired) electrons. The zero-order chi connectivity index (χ0) is 13.1. The summed E-state index contributed by atoms with van der Waals surface area (Å²) < 4.78 is 1.52. The number of nitrogen functional groups attached to an aromatic ring is 1. The number of hydrogen-bond donors (Lipinski definition) is 3.